The molecule has 222 valence electrons. The Morgan fingerprint density at radius 1 is 0.605 bits per heavy atom. The van der Waals surface area contributed by atoms with Gasteiger partial charge in [0.05, 0.1) is 10.9 Å². The number of rotatable bonds is 9. The maximum Gasteiger partial charge on any atom is 0.426 e. The van der Waals surface area contributed by atoms with Gasteiger partial charge >= 0.3 is 6.11 Å². The molecule has 0 aliphatic rings. The van der Waals surface area contributed by atoms with Crippen LogP contribution in [0.2, 0.25) is 0 Å². The molecule has 5 rings (SSSR count). The van der Waals surface area contributed by atoms with Crippen molar-refractivity contribution in [2.24, 2.45) is 0 Å². The molecule has 43 heavy (non-hydrogen) atoms. The highest BCUT2D eigenvalue weighted by Crippen LogP contribution is 2.37. The monoisotopic (exact) mass is 600 g/mol. The van der Waals surface area contributed by atoms with E-state index in [1.807, 2.05) is 6.92 Å². The number of hydrogen-bond acceptors (Lipinski definition) is 1. The summed E-state index contributed by atoms with van der Waals surface area (Å²) in [7, 11) is 0. The summed E-state index contributed by atoms with van der Waals surface area (Å²) >= 11 is 0. The van der Waals surface area contributed by atoms with Crippen LogP contribution in [-0.4, -0.2) is 0 Å². The number of hydrogen-bond donors (Lipinski definition) is 0. The zero-order valence-corrected chi connectivity index (χ0v) is 22.8. The van der Waals surface area contributed by atoms with Crippen LogP contribution >= 0.6 is 0 Å². The van der Waals surface area contributed by atoms with Crippen molar-refractivity contribution in [3.05, 3.63) is 125 Å². The quantitative estimate of drug-likeness (QED) is 0.0929. The Morgan fingerprint density at radius 3 is 1.86 bits per heavy atom. The van der Waals surface area contributed by atoms with Crippen molar-refractivity contribution >= 4 is 10.8 Å². The molecule has 0 heterocycles. The minimum Gasteiger partial charge on any atom is -0.429 e. The first-order chi connectivity index (χ1) is 20.5. The Bertz CT molecular complexity index is 1760. The van der Waals surface area contributed by atoms with E-state index in [1.54, 1.807) is 0 Å². The first kappa shape index (κ1) is 30.1. The van der Waals surface area contributed by atoms with Gasteiger partial charge in [-0.3, -0.25) is 0 Å². The topological polar surface area (TPSA) is 9.23 Å². The number of ether oxygens (including phenoxy) is 1. The summed E-state index contributed by atoms with van der Waals surface area (Å²) < 4.78 is 120. The summed E-state index contributed by atoms with van der Waals surface area (Å²) in [5.74, 6) is -8.15. The van der Waals surface area contributed by atoms with Crippen LogP contribution in [0.4, 0.5) is 35.1 Å². The van der Waals surface area contributed by atoms with Gasteiger partial charge in [-0.15, -0.1) is 0 Å². The molecule has 5 aromatic carbocycles. The molecule has 1 nitrogen and oxygen atoms in total. The third-order valence-corrected chi connectivity index (χ3v) is 7.20. The van der Waals surface area contributed by atoms with E-state index in [1.165, 1.54) is 42.5 Å². The Morgan fingerprint density at radius 2 is 1.23 bits per heavy atom. The number of alkyl halides is 2. The standard InChI is InChI=1S/C34H24F8O/c1-2-3-4-5-21-6-7-22-16-26(31(38)33(40)29(22)30(21)37)20-8-12-24(13-9-20)34(41,42)43-25-14-10-19(11-15-25)23-17-27(35)32(39)28(36)18-23/h6-18H,2-5H2,1H3. The molecule has 9 heteroatoms. The molecule has 0 aliphatic heterocycles. The number of benzene rings is 5. The summed E-state index contributed by atoms with van der Waals surface area (Å²) in [5, 5.41) is -0.314. The van der Waals surface area contributed by atoms with Crippen molar-refractivity contribution in [2.45, 2.75) is 38.7 Å². The Balaban J connectivity index is 1.36. The highest BCUT2D eigenvalue weighted by Gasteiger charge is 2.34. The zero-order chi connectivity index (χ0) is 30.9. The van der Waals surface area contributed by atoms with Crippen LogP contribution in [0.5, 0.6) is 5.75 Å². The third kappa shape index (κ3) is 6.07. The number of halogens is 8. The predicted octanol–water partition coefficient (Wildman–Crippen LogP) is 10.9. The van der Waals surface area contributed by atoms with Crippen LogP contribution in [0, 0.1) is 34.9 Å². The van der Waals surface area contributed by atoms with E-state index in [9.17, 15) is 22.0 Å². The molecule has 0 unspecified atom stereocenters. The lowest BCUT2D eigenvalue weighted by atomic mass is 9.96. The van der Waals surface area contributed by atoms with Gasteiger partial charge in [0.1, 0.15) is 11.6 Å². The SMILES string of the molecule is CCCCCc1ccc2cc(-c3ccc(C(F)(F)Oc4ccc(-c5cc(F)c(F)c(F)c5)cc4)cc3)c(F)c(F)c2c1F. The fourth-order valence-corrected chi connectivity index (χ4v) is 4.88. The summed E-state index contributed by atoms with van der Waals surface area (Å²) in [4.78, 5) is 0. The van der Waals surface area contributed by atoms with E-state index >= 15 is 13.2 Å². The van der Waals surface area contributed by atoms with Crippen LogP contribution < -0.4 is 4.74 Å². The number of unbranched alkanes of at least 4 members (excludes halogenated alkanes) is 2. The van der Waals surface area contributed by atoms with E-state index in [0.717, 1.165) is 49.2 Å². The van der Waals surface area contributed by atoms with Gasteiger partial charge in [-0.05, 0) is 82.9 Å². The third-order valence-electron chi connectivity index (χ3n) is 7.20. The lowest BCUT2D eigenvalue weighted by molar-refractivity contribution is -0.185. The largest absolute Gasteiger partial charge is 0.429 e. The lowest BCUT2D eigenvalue weighted by Gasteiger charge is -2.19. The molecular weight excluding hydrogens is 576 g/mol. The van der Waals surface area contributed by atoms with Crippen LogP contribution in [0.3, 0.4) is 0 Å². The van der Waals surface area contributed by atoms with Crippen molar-refractivity contribution in [3.8, 4) is 28.0 Å². The molecule has 0 radical (unpaired) electrons. The smallest absolute Gasteiger partial charge is 0.426 e. The fraction of sp³-hybridized carbons (Fsp3) is 0.176. The van der Waals surface area contributed by atoms with Crippen molar-refractivity contribution in [2.75, 3.05) is 0 Å². The van der Waals surface area contributed by atoms with Crippen LogP contribution in [0.15, 0.2) is 78.9 Å². The Labute approximate surface area is 242 Å². The average Bonchev–Trinajstić information content (AvgIpc) is 2.99. The normalized spacial score (nSPS) is 11.7. The molecule has 0 atom stereocenters. The van der Waals surface area contributed by atoms with E-state index < -0.39 is 52.0 Å². The van der Waals surface area contributed by atoms with Gasteiger partial charge in [-0.25, -0.2) is 26.3 Å². The summed E-state index contributed by atoms with van der Waals surface area (Å²) in [6.45, 7) is 2.00. The number of aryl methyl sites for hydroxylation is 1. The Hall–Kier alpha value is -4.40. The van der Waals surface area contributed by atoms with Gasteiger partial charge in [0.2, 0.25) is 0 Å². The van der Waals surface area contributed by atoms with E-state index in [0.29, 0.717) is 18.4 Å². The maximum absolute atomic E-state index is 15.1. The first-order valence-electron chi connectivity index (χ1n) is 13.5. The van der Waals surface area contributed by atoms with E-state index in [4.69, 9.17) is 4.74 Å². The van der Waals surface area contributed by atoms with Crippen molar-refractivity contribution in [3.63, 3.8) is 0 Å². The fourth-order valence-electron chi connectivity index (χ4n) is 4.88. The molecule has 0 aliphatic carbocycles. The highest BCUT2D eigenvalue weighted by molar-refractivity contribution is 5.89. The molecule has 5 aromatic rings. The zero-order valence-electron chi connectivity index (χ0n) is 22.8. The summed E-state index contributed by atoms with van der Waals surface area (Å²) in [6.07, 6.45) is -0.933. The molecular formula is C34H24F8O. The van der Waals surface area contributed by atoms with Crippen molar-refractivity contribution in [1.82, 2.24) is 0 Å². The molecule has 0 aromatic heterocycles. The summed E-state index contributed by atoms with van der Waals surface area (Å²) in [6, 6.07) is 15.1. The predicted molar refractivity (Wildman–Crippen MR) is 149 cm³/mol. The van der Waals surface area contributed by atoms with Crippen LogP contribution in [-0.2, 0) is 12.5 Å². The van der Waals surface area contributed by atoms with Crippen molar-refractivity contribution < 1.29 is 39.9 Å². The second-order valence-corrected chi connectivity index (χ2v) is 10.1. The van der Waals surface area contributed by atoms with Gasteiger partial charge in [-0.1, -0.05) is 56.2 Å². The second kappa shape index (κ2) is 12.1. The molecule has 0 saturated carbocycles. The van der Waals surface area contributed by atoms with Crippen LogP contribution in [0.25, 0.3) is 33.0 Å². The minimum absolute atomic E-state index is 0.00203. The first-order valence-corrected chi connectivity index (χ1v) is 13.5. The van der Waals surface area contributed by atoms with Crippen molar-refractivity contribution in [1.29, 1.82) is 0 Å². The highest BCUT2D eigenvalue weighted by atomic mass is 19.3. The van der Waals surface area contributed by atoms with E-state index in [2.05, 4.69) is 0 Å². The molecule has 0 bridgehead atoms. The van der Waals surface area contributed by atoms with Gasteiger partial charge in [0.15, 0.2) is 29.1 Å². The molecule has 0 fully saturated rings. The van der Waals surface area contributed by atoms with E-state index in [-0.39, 0.29) is 33.4 Å². The van der Waals surface area contributed by atoms with Gasteiger partial charge in [0.25, 0.3) is 0 Å². The molecule has 0 N–H and O–H groups in total. The van der Waals surface area contributed by atoms with Gasteiger partial charge < -0.3 is 4.74 Å². The van der Waals surface area contributed by atoms with Gasteiger partial charge in [0, 0.05) is 5.56 Å². The molecule has 0 spiro atoms. The minimum atomic E-state index is -3.85. The second-order valence-electron chi connectivity index (χ2n) is 10.1. The average molecular weight is 601 g/mol. The molecule has 0 saturated heterocycles. The summed E-state index contributed by atoms with van der Waals surface area (Å²) in [5.41, 5.74) is -0.191. The van der Waals surface area contributed by atoms with Gasteiger partial charge in [-0.2, -0.15) is 8.78 Å². The molecule has 0 amide bonds. The van der Waals surface area contributed by atoms with Crippen LogP contribution in [0.1, 0.15) is 37.3 Å². The lowest BCUT2D eigenvalue weighted by Crippen LogP contribution is -2.21. The Kier molecular flexibility index (Phi) is 8.44. The maximum atomic E-state index is 15.1. The number of fused-ring (bicyclic) bond motifs is 1.